The molecule has 1 N–H and O–H groups in total. The van der Waals surface area contributed by atoms with Gasteiger partial charge in [0.25, 0.3) is 0 Å². The van der Waals surface area contributed by atoms with Crippen LogP contribution in [0.25, 0.3) is 0 Å². The van der Waals surface area contributed by atoms with E-state index in [-0.39, 0.29) is 11.7 Å². The van der Waals surface area contributed by atoms with Gasteiger partial charge >= 0.3 is 6.03 Å². The number of anilines is 2. The van der Waals surface area contributed by atoms with Crippen LogP contribution in [0.4, 0.5) is 20.0 Å². The predicted octanol–water partition coefficient (Wildman–Crippen LogP) is 2.94. The average molecular weight is 320 g/mol. The smallest absolute Gasteiger partial charge is 0.322 e. The van der Waals surface area contributed by atoms with E-state index < -0.39 is 5.82 Å². The molecule has 0 spiro atoms. The summed E-state index contributed by atoms with van der Waals surface area (Å²) in [7, 11) is 0. The first-order chi connectivity index (χ1) is 10.6. The van der Waals surface area contributed by atoms with Gasteiger partial charge in [-0.1, -0.05) is 6.07 Å². The summed E-state index contributed by atoms with van der Waals surface area (Å²) in [6, 6.07) is 4.42. The Morgan fingerprint density at radius 1 is 1.32 bits per heavy atom. The van der Waals surface area contributed by atoms with E-state index in [2.05, 4.69) is 15.2 Å². The van der Waals surface area contributed by atoms with Crippen LogP contribution in [0.2, 0.25) is 0 Å². The van der Waals surface area contributed by atoms with Gasteiger partial charge < -0.3 is 15.1 Å². The maximum absolute atomic E-state index is 13.7. The van der Waals surface area contributed by atoms with E-state index in [0.29, 0.717) is 13.1 Å². The number of halogens is 1. The number of hydrogen-bond acceptors (Lipinski definition) is 4. The molecule has 2 heterocycles. The monoisotopic (exact) mass is 320 g/mol. The number of carbonyl (C=O) groups excluding carboxylic acids is 1. The van der Waals surface area contributed by atoms with Crippen LogP contribution in [0.3, 0.4) is 0 Å². The molecule has 3 rings (SSSR count). The Bertz CT molecular complexity index is 654. The molecule has 0 aliphatic carbocycles. The van der Waals surface area contributed by atoms with Gasteiger partial charge in [0.2, 0.25) is 0 Å². The Hall–Kier alpha value is -2.15. The third-order valence-corrected chi connectivity index (χ3v) is 4.45. The summed E-state index contributed by atoms with van der Waals surface area (Å²) in [5.41, 5.74) is 1.14. The minimum atomic E-state index is -0.416. The molecule has 0 saturated carbocycles. The van der Waals surface area contributed by atoms with Gasteiger partial charge in [-0.3, -0.25) is 0 Å². The van der Waals surface area contributed by atoms with Crippen molar-refractivity contribution >= 4 is 28.2 Å². The number of benzene rings is 1. The van der Waals surface area contributed by atoms with Crippen LogP contribution in [0.15, 0.2) is 29.8 Å². The number of carbonyl (C=O) groups is 1. The summed E-state index contributed by atoms with van der Waals surface area (Å²) < 4.78 is 13.7. The van der Waals surface area contributed by atoms with Crippen molar-refractivity contribution in [3.63, 3.8) is 0 Å². The molecule has 1 aromatic carbocycles. The number of rotatable bonds is 2. The zero-order valence-electron chi connectivity index (χ0n) is 12.3. The number of amides is 2. The molecule has 116 valence electrons. The highest BCUT2D eigenvalue weighted by atomic mass is 32.1. The second-order valence-electron chi connectivity index (χ2n) is 5.20. The lowest BCUT2D eigenvalue weighted by Crippen LogP contribution is -2.50. The highest BCUT2D eigenvalue weighted by Crippen LogP contribution is 2.20. The topological polar surface area (TPSA) is 48.5 Å². The minimum Gasteiger partial charge on any atom is -0.345 e. The number of aromatic nitrogens is 1. The normalized spacial score (nSPS) is 15.0. The van der Waals surface area contributed by atoms with Crippen molar-refractivity contribution in [3.8, 4) is 0 Å². The molecule has 2 aromatic rings. The van der Waals surface area contributed by atoms with Crippen LogP contribution in [0, 0.1) is 12.7 Å². The lowest BCUT2D eigenvalue weighted by Gasteiger charge is -2.34. The van der Waals surface area contributed by atoms with Crippen molar-refractivity contribution in [1.82, 2.24) is 9.88 Å². The Kier molecular flexibility index (Phi) is 4.24. The van der Waals surface area contributed by atoms with Crippen LogP contribution in [-0.4, -0.2) is 42.1 Å². The average Bonchev–Trinajstić information content (AvgIpc) is 3.05. The van der Waals surface area contributed by atoms with E-state index in [9.17, 15) is 9.18 Å². The Balaban J connectivity index is 1.59. The van der Waals surface area contributed by atoms with Crippen LogP contribution < -0.4 is 10.2 Å². The molecule has 1 aromatic heterocycles. The van der Waals surface area contributed by atoms with E-state index in [1.165, 1.54) is 6.07 Å². The number of piperazine rings is 1. The number of hydrogen-bond donors (Lipinski definition) is 1. The fourth-order valence-corrected chi connectivity index (χ4v) is 3.10. The van der Waals surface area contributed by atoms with E-state index in [4.69, 9.17) is 0 Å². The fourth-order valence-electron chi connectivity index (χ4n) is 2.40. The van der Waals surface area contributed by atoms with E-state index in [0.717, 1.165) is 23.8 Å². The minimum absolute atomic E-state index is 0.229. The second-order valence-corrected chi connectivity index (χ2v) is 6.08. The van der Waals surface area contributed by atoms with Gasteiger partial charge in [-0.25, -0.2) is 14.2 Å². The number of aryl methyl sites for hydroxylation is 1. The van der Waals surface area contributed by atoms with E-state index >= 15 is 0 Å². The lowest BCUT2D eigenvalue weighted by molar-refractivity contribution is 0.208. The van der Waals surface area contributed by atoms with Crippen LogP contribution in [-0.2, 0) is 0 Å². The third-order valence-electron chi connectivity index (χ3n) is 3.62. The Morgan fingerprint density at radius 2 is 2.09 bits per heavy atom. The van der Waals surface area contributed by atoms with Gasteiger partial charge in [0.1, 0.15) is 5.82 Å². The summed E-state index contributed by atoms with van der Waals surface area (Å²) in [6.45, 7) is 4.52. The molecule has 1 aliphatic heterocycles. The number of nitrogens with zero attached hydrogens (tertiary/aromatic N) is 3. The maximum atomic E-state index is 13.7. The lowest BCUT2D eigenvalue weighted by atomic mass is 10.2. The van der Waals surface area contributed by atoms with Crippen molar-refractivity contribution in [3.05, 3.63) is 41.2 Å². The molecular formula is C15H17FN4OS. The number of nitrogens with one attached hydrogen (secondary N) is 1. The van der Waals surface area contributed by atoms with Gasteiger partial charge in [0.15, 0.2) is 5.13 Å². The van der Waals surface area contributed by atoms with Gasteiger partial charge in [-0.05, 0) is 24.6 Å². The zero-order valence-corrected chi connectivity index (χ0v) is 13.1. The first-order valence-corrected chi connectivity index (χ1v) is 7.98. The molecule has 1 saturated heterocycles. The molecule has 0 atom stereocenters. The SMILES string of the molecule is Cc1ccc(F)c(NC(=O)N2CCN(c3nccs3)CC2)c1. The van der Waals surface area contributed by atoms with Crippen molar-refractivity contribution in [1.29, 1.82) is 0 Å². The largest absolute Gasteiger partial charge is 0.345 e. The van der Waals surface area contributed by atoms with Crippen LogP contribution in [0.5, 0.6) is 0 Å². The summed E-state index contributed by atoms with van der Waals surface area (Å²) in [5, 5.41) is 5.57. The molecule has 7 heteroatoms. The second kappa shape index (κ2) is 6.31. The highest BCUT2D eigenvalue weighted by molar-refractivity contribution is 7.13. The molecule has 5 nitrogen and oxygen atoms in total. The third kappa shape index (κ3) is 3.19. The molecule has 1 fully saturated rings. The molecule has 2 amide bonds. The van der Waals surface area contributed by atoms with Crippen molar-refractivity contribution < 1.29 is 9.18 Å². The quantitative estimate of drug-likeness (QED) is 0.925. The standard InChI is InChI=1S/C15H17FN4OS/c1-11-2-3-12(16)13(10-11)18-14(21)19-5-7-20(8-6-19)15-17-4-9-22-15/h2-4,9-10H,5-8H2,1H3,(H,18,21). The van der Waals surface area contributed by atoms with Crippen molar-refractivity contribution in [2.24, 2.45) is 0 Å². The van der Waals surface area contributed by atoms with Crippen LogP contribution in [0.1, 0.15) is 5.56 Å². The van der Waals surface area contributed by atoms with Gasteiger partial charge in [0.05, 0.1) is 5.69 Å². The van der Waals surface area contributed by atoms with E-state index in [1.807, 2.05) is 12.3 Å². The number of urea groups is 1. The van der Waals surface area contributed by atoms with Crippen molar-refractivity contribution in [2.75, 3.05) is 36.4 Å². The number of thiazole rings is 1. The highest BCUT2D eigenvalue weighted by Gasteiger charge is 2.22. The fraction of sp³-hybridized carbons (Fsp3) is 0.333. The molecular weight excluding hydrogens is 303 g/mol. The molecule has 0 unspecified atom stereocenters. The maximum Gasteiger partial charge on any atom is 0.322 e. The van der Waals surface area contributed by atoms with Gasteiger partial charge in [-0.15, -0.1) is 11.3 Å². The predicted molar refractivity (Wildman–Crippen MR) is 86.1 cm³/mol. The Labute approximate surface area is 132 Å². The first kappa shape index (κ1) is 14.8. The first-order valence-electron chi connectivity index (χ1n) is 7.10. The zero-order chi connectivity index (χ0) is 15.5. The molecule has 22 heavy (non-hydrogen) atoms. The Morgan fingerprint density at radius 3 is 2.77 bits per heavy atom. The molecule has 0 bridgehead atoms. The molecule has 1 aliphatic rings. The van der Waals surface area contributed by atoms with Gasteiger partial charge in [0, 0.05) is 37.8 Å². The van der Waals surface area contributed by atoms with Gasteiger partial charge in [-0.2, -0.15) is 0 Å². The van der Waals surface area contributed by atoms with E-state index in [1.54, 1.807) is 34.6 Å². The summed E-state index contributed by atoms with van der Waals surface area (Å²) >= 11 is 1.59. The summed E-state index contributed by atoms with van der Waals surface area (Å²) in [6.07, 6.45) is 1.78. The van der Waals surface area contributed by atoms with Crippen molar-refractivity contribution in [2.45, 2.75) is 6.92 Å². The summed E-state index contributed by atoms with van der Waals surface area (Å²) in [4.78, 5) is 20.4. The summed E-state index contributed by atoms with van der Waals surface area (Å²) in [5.74, 6) is -0.416. The molecule has 0 radical (unpaired) electrons. The van der Waals surface area contributed by atoms with Crippen LogP contribution >= 0.6 is 11.3 Å².